The molecule has 0 amide bonds. The van der Waals surface area contributed by atoms with Crippen LogP contribution < -0.4 is 11.2 Å². The van der Waals surface area contributed by atoms with Crippen LogP contribution in [0.1, 0.15) is 15.4 Å². The van der Waals surface area contributed by atoms with Gasteiger partial charge >= 0.3 is 16.9 Å². The molecule has 19 heavy (non-hydrogen) atoms. The highest BCUT2D eigenvalue weighted by Crippen LogP contribution is 2.19. The van der Waals surface area contributed by atoms with E-state index in [4.69, 9.17) is 0 Å². The van der Waals surface area contributed by atoms with Gasteiger partial charge in [-0.15, -0.1) is 11.3 Å². The van der Waals surface area contributed by atoms with E-state index >= 15 is 0 Å². The molecule has 0 spiro atoms. The van der Waals surface area contributed by atoms with Gasteiger partial charge in [0.15, 0.2) is 0 Å². The van der Waals surface area contributed by atoms with Crippen molar-refractivity contribution < 1.29 is 4.92 Å². The first-order valence-electron chi connectivity index (χ1n) is 5.23. The summed E-state index contributed by atoms with van der Waals surface area (Å²) in [4.78, 5) is 38.5. The highest BCUT2D eigenvalue weighted by Gasteiger charge is 2.18. The number of hydrogen-bond acceptors (Lipinski definition) is 5. The van der Waals surface area contributed by atoms with Crippen LogP contribution in [0, 0.1) is 17.0 Å². The second-order valence-electron chi connectivity index (χ2n) is 3.71. The van der Waals surface area contributed by atoms with E-state index in [9.17, 15) is 19.7 Å². The molecule has 2 aromatic heterocycles. The molecule has 0 radical (unpaired) electrons. The van der Waals surface area contributed by atoms with E-state index in [1.807, 2.05) is 24.0 Å². The lowest BCUT2D eigenvalue weighted by molar-refractivity contribution is -0.386. The third-order valence-corrected chi connectivity index (χ3v) is 3.27. The molecule has 98 valence electrons. The topological polar surface area (TPSA) is 109 Å². The summed E-state index contributed by atoms with van der Waals surface area (Å²) in [6.07, 6.45) is 2.95. The van der Waals surface area contributed by atoms with Crippen molar-refractivity contribution in [3.05, 3.63) is 58.5 Å². The molecule has 0 saturated carbocycles. The molecule has 0 saturated heterocycles. The molecule has 0 aromatic carbocycles. The van der Waals surface area contributed by atoms with E-state index in [1.165, 1.54) is 17.4 Å². The van der Waals surface area contributed by atoms with Gasteiger partial charge in [0.1, 0.15) is 5.69 Å². The lowest BCUT2D eigenvalue weighted by atomic mass is 10.3. The van der Waals surface area contributed by atoms with Gasteiger partial charge < -0.3 is 4.98 Å². The van der Waals surface area contributed by atoms with E-state index in [1.54, 1.807) is 6.08 Å². The molecule has 2 aromatic rings. The monoisotopic (exact) mass is 279 g/mol. The molecule has 0 aliphatic heterocycles. The molecule has 0 unspecified atom stereocenters. The summed E-state index contributed by atoms with van der Waals surface area (Å²) >= 11 is 1.50. The Balaban J connectivity index is 2.50. The van der Waals surface area contributed by atoms with Gasteiger partial charge in [-0.05, 0) is 31.2 Å². The number of H-pyrrole nitrogens is 2. The minimum atomic E-state index is -1.02. The van der Waals surface area contributed by atoms with E-state index in [0.717, 1.165) is 9.75 Å². The van der Waals surface area contributed by atoms with Crippen LogP contribution in [-0.4, -0.2) is 14.9 Å². The molecule has 0 aliphatic carbocycles. The minimum absolute atomic E-state index is 0.121. The fourth-order valence-corrected chi connectivity index (χ4v) is 2.29. The van der Waals surface area contributed by atoms with Crippen molar-refractivity contribution in [2.45, 2.75) is 6.92 Å². The number of nitrogens with zero attached hydrogens (tertiary/aromatic N) is 1. The summed E-state index contributed by atoms with van der Waals surface area (Å²) in [6.45, 7) is 1.93. The Morgan fingerprint density at radius 2 is 2.00 bits per heavy atom. The van der Waals surface area contributed by atoms with Gasteiger partial charge in [-0.3, -0.25) is 19.9 Å². The maximum absolute atomic E-state index is 11.4. The van der Waals surface area contributed by atoms with Crippen LogP contribution in [0.25, 0.3) is 12.2 Å². The van der Waals surface area contributed by atoms with E-state index < -0.39 is 21.9 Å². The Bertz CT molecular complexity index is 769. The Labute approximate surface area is 110 Å². The highest BCUT2D eigenvalue weighted by atomic mass is 32.1. The lowest BCUT2D eigenvalue weighted by Gasteiger charge is -1.95. The number of rotatable bonds is 3. The van der Waals surface area contributed by atoms with Crippen LogP contribution in [0.5, 0.6) is 0 Å². The summed E-state index contributed by atoms with van der Waals surface area (Å²) in [6, 6.07) is 3.74. The molecule has 2 N–H and O–H groups in total. The van der Waals surface area contributed by atoms with Gasteiger partial charge in [0, 0.05) is 9.75 Å². The molecule has 0 aliphatic rings. The normalized spacial score (nSPS) is 11.0. The van der Waals surface area contributed by atoms with Gasteiger partial charge in [0.05, 0.1) is 4.92 Å². The summed E-state index contributed by atoms with van der Waals surface area (Å²) in [5.41, 5.74) is -2.60. The summed E-state index contributed by atoms with van der Waals surface area (Å²) in [7, 11) is 0. The average Bonchev–Trinajstić information content (AvgIpc) is 2.71. The fourth-order valence-electron chi connectivity index (χ4n) is 1.51. The number of thiophene rings is 1. The Kier molecular flexibility index (Phi) is 3.43. The lowest BCUT2D eigenvalue weighted by Crippen LogP contribution is -2.25. The molecule has 0 atom stereocenters. The van der Waals surface area contributed by atoms with Gasteiger partial charge in [-0.25, -0.2) is 4.79 Å². The highest BCUT2D eigenvalue weighted by molar-refractivity contribution is 7.12. The molecule has 2 heterocycles. The first kappa shape index (κ1) is 13.0. The fraction of sp³-hybridized carbons (Fsp3) is 0.0909. The van der Waals surface area contributed by atoms with Crippen molar-refractivity contribution in [1.82, 2.24) is 9.97 Å². The van der Waals surface area contributed by atoms with Crippen molar-refractivity contribution in [2.24, 2.45) is 0 Å². The molecule has 7 nitrogen and oxygen atoms in total. The van der Waals surface area contributed by atoms with E-state index in [-0.39, 0.29) is 5.69 Å². The standard InChI is InChI=1S/C11H9N3O4S/c1-6-2-3-7(19-6)4-5-8-9(14(17)18)10(15)13-11(16)12-8/h2-5H,1H3,(H2,12,13,15,16)/b5-4+. The average molecular weight is 279 g/mol. The minimum Gasteiger partial charge on any atom is -0.301 e. The second-order valence-corrected chi connectivity index (χ2v) is 5.03. The van der Waals surface area contributed by atoms with Gasteiger partial charge in [0.25, 0.3) is 0 Å². The van der Waals surface area contributed by atoms with Crippen LogP contribution in [0.4, 0.5) is 5.69 Å². The quantitative estimate of drug-likeness (QED) is 0.655. The molecule has 0 fully saturated rings. The predicted molar refractivity (Wildman–Crippen MR) is 72.3 cm³/mol. The van der Waals surface area contributed by atoms with Gasteiger partial charge in [-0.2, -0.15) is 0 Å². The number of aromatic nitrogens is 2. The number of nitro groups is 1. The van der Waals surface area contributed by atoms with Crippen molar-refractivity contribution in [1.29, 1.82) is 0 Å². The zero-order valence-electron chi connectivity index (χ0n) is 9.80. The van der Waals surface area contributed by atoms with Crippen molar-refractivity contribution in [3.8, 4) is 0 Å². The number of aryl methyl sites for hydroxylation is 1. The molecule has 0 bridgehead atoms. The first-order chi connectivity index (χ1) is 8.97. The van der Waals surface area contributed by atoms with Crippen LogP contribution >= 0.6 is 11.3 Å². The zero-order chi connectivity index (χ0) is 14.0. The molecular formula is C11H9N3O4S. The zero-order valence-corrected chi connectivity index (χ0v) is 10.6. The van der Waals surface area contributed by atoms with Crippen LogP contribution in [0.2, 0.25) is 0 Å². The molecule has 2 rings (SSSR count). The van der Waals surface area contributed by atoms with E-state index in [2.05, 4.69) is 4.98 Å². The molecule has 8 heteroatoms. The van der Waals surface area contributed by atoms with Crippen LogP contribution in [0.15, 0.2) is 21.7 Å². The van der Waals surface area contributed by atoms with Crippen LogP contribution in [-0.2, 0) is 0 Å². The number of aromatic amines is 2. The Morgan fingerprint density at radius 1 is 1.26 bits per heavy atom. The summed E-state index contributed by atoms with van der Waals surface area (Å²) in [5, 5.41) is 10.8. The predicted octanol–water partition coefficient (Wildman–Crippen LogP) is 1.51. The number of nitrogens with one attached hydrogen (secondary N) is 2. The van der Waals surface area contributed by atoms with Crippen LogP contribution in [0.3, 0.4) is 0 Å². The summed E-state index contributed by atoms with van der Waals surface area (Å²) < 4.78 is 0. The maximum atomic E-state index is 11.4. The number of hydrogen-bond donors (Lipinski definition) is 2. The first-order valence-corrected chi connectivity index (χ1v) is 6.04. The van der Waals surface area contributed by atoms with Crippen molar-refractivity contribution in [3.63, 3.8) is 0 Å². The SMILES string of the molecule is Cc1ccc(/C=C/c2[nH]c(=O)[nH]c(=O)c2[N+](=O)[O-])s1. The third-order valence-electron chi connectivity index (χ3n) is 2.30. The summed E-state index contributed by atoms with van der Waals surface area (Å²) in [5.74, 6) is 0. The van der Waals surface area contributed by atoms with Crippen molar-refractivity contribution in [2.75, 3.05) is 0 Å². The van der Waals surface area contributed by atoms with Gasteiger partial charge in [-0.1, -0.05) is 0 Å². The van der Waals surface area contributed by atoms with Crippen molar-refractivity contribution >= 4 is 29.2 Å². The third kappa shape index (κ3) is 2.86. The van der Waals surface area contributed by atoms with Gasteiger partial charge in [0.2, 0.25) is 0 Å². The Morgan fingerprint density at radius 3 is 2.58 bits per heavy atom. The second kappa shape index (κ2) is 5.02. The maximum Gasteiger partial charge on any atom is 0.357 e. The smallest absolute Gasteiger partial charge is 0.301 e. The van der Waals surface area contributed by atoms with E-state index in [0.29, 0.717) is 0 Å². The largest absolute Gasteiger partial charge is 0.357 e. The molecular weight excluding hydrogens is 270 g/mol. The Hall–Kier alpha value is -2.48.